The first-order valence-electron chi connectivity index (χ1n) is 17.2. The molecule has 1 unspecified atom stereocenters. The van der Waals surface area contributed by atoms with E-state index in [1.165, 1.54) is 44.2 Å². The van der Waals surface area contributed by atoms with E-state index in [1.807, 2.05) is 36.4 Å². The standard InChI is InChI=1S/C48H33N3/c1-32-40-26-25-37-13-5-6-14-41(37)48(40)43(36-11-3-2-4-12-36)31-42(32)38-23-21-34(22-24-38)33-17-19-35(20-18-33)39-29-46(44-15-7-9-27-49-44)51-47(30-39)45-16-8-10-28-50-45/h2-31,42H,1H2. The lowest BCUT2D eigenvalue weighted by Crippen LogP contribution is -2.09. The summed E-state index contributed by atoms with van der Waals surface area (Å²) < 4.78 is 0. The lowest BCUT2D eigenvalue weighted by atomic mass is 9.75. The van der Waals surface area contributed by atoms with E-state index in [-0.39, 0.29) is 5.92 Å². The number of rotatable bonds is 6. The van der Waals surface area contributed by atoms with Gasteiger partial charge in [0.2, 0.25) is 0 Å². The van der Waals surface area contributed by atoms with Gasteiger partial charge < -0.3 is 0 Å². The van der Waals surface area contributed by atoms with Crippen LogP contribution in [0.5, 0.6) is 0 Å². The molecule has 0 aliphatic heterocycles. The summed E-state index contributed by atoms with van der Waals surface area (Å²) in [6, 6.07) is 57.6. The molecule has 0 N–H and O–H groups in total. The molecule has 0 bridgehead atoms. The van der Waals surface area contributed by atoms with Crippen LogP contribution in [0.1, 0.15) is 28.2 Å². The fraction of sp³-hybridized carbons (Fsp3) is 0.0208. The lowest BCUT2D eigenvalue weighted by molar-refractivity contribution is 1.09. The summed E-state index contributed by atoms with van der Waals surface area (Å²) in [5, 5.41) is 2.50. The molecule has 3 heteroatoms. The third kappa shape index (κ3) is 5.75. The Labute approximate surface area is 298 Å². The number of benzene rings is 5. The predicted molar refractivity (Wildman–Crippen MR) is 211 cm³/mol. The molecule has 1 atom stereocenters. The van der Waals surface area contributed by atoms with Gasteiger partial charge in [0.25, 0.3) is 0 Å². The molecule has 51 heavy (non-hydrogen) atoms. The third-order valence-corrected chi connectivity index (χ3v) is 9.84. The molecule has 5 aromatic carbocycles. The molecule has 8 aromatic rings. The fourth-order valence-corrected chi connectivity index (χ4v) is 7.23. The van der Waals surface area contributed by atoms with E-state index in [0.717, 1.165) is 45.0 Å². The molecule has 3 aromatic heterocycles. The van der Waals surface area contributed by atoms with Gasteiger partial charge >= 0.3 is 0 Å². The molecule has 0 amide bonds. The normalized spacial score (nSPS) is 13.8. The van der Waals surface area contributed by atoms with Crippen molar-refractivity contribution in [1.82, 2.24) is 15.0 Å². The summed E-state index contributed by atoms with van der Waals surface area (Å²) in [4.78, 5) is 14.1. The van der Waals surface area contributed by atoms with Gasteiger partial charge in [0, 0.05) is 18.3 Å². The van der Waals surface area contributed by atoms with Crippen LogP contribution >= 0.6 is 0 Å². The summed E-state index contributed by atoms with van der Waals surface area (Å²) in [7, 11) is 0. The van der Waals surface area contributed by atoms with Crippen molar-refractivity contribution in [2.75, 3.05) is 0 Å². The second-order valence-electron chi connectivity index (χ2n) is 12.9. The average molecular weight is 652 g/mol. The first-order valence-corrected chi connectivity index (χ1v) is 17.2. The summed E-state index contributed by atoms with van der Waals surface area (Å²) in [5.74, 6) is 0.0681. The van der Waals surface area contributed by atoms with Gasteiger partial charge in [-0.1, -0.05) is 140 Å². The first-order chi connectivity index (χ1) is 25.2. The van der Waals surface area contributed by atoms with Crippen LogP contribution in [0, 0.1) is 0 Å². The highest BCUT2D eigenvalue weighted by Gasteiger charge is 2.26. The Morgan fingerprint density at radius 3 is 1.65 bits per heavy atom. The molecular formula is C48H33N3. The van der Waals surface area contributed by atoms with Crippen molar-refractivity contribution in [3.63, 3.8) is 0 Å². The van der Waals surface area contributed by atoms with E-state index >= 15 is 0 Å². The maximum atomic E-state index is 4.93. The van der Waals surface area contributed by atoms with Gasteiger partial charge in [-0.2, -0.15) is 0 Å². The zero-order valence-corrected chi connectivity index (χ0v) is 27.9. The Morgan fingerprint density at radius 2 is 1.02 bits per heavy atom. The number of hydrogen-bond donors (Lipinski definition) is 0. The highest BCUT2D eigenvalue weighted by molar-refractivity contribution is 6.05. The first kappa shape index (κ1) is 30.4. The number of hydrogen-bond acceptors (Lipinski definition) is 3. The van der Waals surface area contributed by atoms with Crippen LogP contribution in [0.4, 0.5) is 0 Å². The molecular weight excluding hydrogens is 619 g/mol. The van der Waals surface area contributed by atoms with E-state index in [9.17, 15) is 0 Å². The van der Waals surface area contributed by atoms with Crippen LogP contribution < -0.4 is 0 Å². The van der Waals surface area contributed by atoms with Crippen LogP contribution in [0.15, 0.2) is 189 Å². The largest absolute Gasteiger partial charge is 0.255 e. The van der Waals surface area contributed by atoms with E-state index < -0.39 is 0 Å². The highest BCUT2D eigenvalue weighted by atomic mass is 14.8. The Morgan fingerprint density at radius 1 is 0.451 bits per heavy atom. The molecule has 0 saturated carbocycles. The van der Waals surface area contributed by atoms with Gasteiger partial charge in [-0.15, -0.1) is 0 Å². The lowest BCUT2D eigenvalue weighted by Gasteiger charge is -2.29. The van der Waals surface area contributed by atoms with E-state index in [0.29, 0.717) is 0 Å². The minimum atomic E-state index is 0.0681. The number of fused-ring (bicyclic) bond motifs is 3. The van der Waals surface area contributed by atoms with Gasteiger partial charge in [-0.05, 0) is 103 Å². The topological polar surface area (TPSA) is 38.7 Å². The van der Waals surface area contributed by atoms with E-state index in [1.54, 1.807) is 12.4 Å². The molecule has 9 rings (SSSR count). The Hall–Kier alpha value is -6.71. The SMILES string of the molecule is C=C1c2ccc3ccccc3c2C(c2ccccc2)=CC1c1ccc(-c2ccc(-c3cc(-c4ccccn4)nc(-c4ccccn4)c3)cc2)cc1. The van der Waals surface area contributed by atoms with Crippen molar-refractivity contribution in [2.45, 2.75) is 5.92 Å². The summed E-state index contributed by atoms with van der Waals surface area (Å²) in [5.41, 5.74) is 15.1. The van der Waals surface area contributed by atoms with Gasteiger partial charge in [0.15, 0.2) is 0 Å². The van der Waals surface area contributed by atoms with Gasteiger partial charge in [0.05, 0.1) is 22.8 Å². The third-order valence-electron chi connectivity index (χ3n) is 9.84. The molecule has 3 nitrogen and oxygen atoms in total. The maximum absolute atomic E-state index is 4.93. The molecule has 3 heterocycles. The van der Waals surface area contributed by atoms with Crippen molar-refractivity contribution < 1.29 is 0 Å². The number of aromatic nitrogens is 3. The molecule has 0 saturated heterocycles. The van der Waals surface area contributed by atoms with Gasteiger partial charge in [-0.3, -0.25) is 9.97 Å². The van der Waals surface area contributed by atoms with Crippen molar-refractivity contribution in [1.29, 1.82) is 0 Å². The maximum Gasteiger partial charge on any atom is 0.0900 e. The number of allylic oxidation sites excluding steroid dienone is 2. The van der Waals surface area contributed by atoms with E-state index in [2.05, 4.69) is 150 Å². The number of pyridine rings is 3. The quantitative estimate of drug-likeness (QED) is 0.180. The van der Waals surface area contributed by atoms with Crippen LogP contribution in [0.3, 0.4) is 0 Å². The minimum Gasteiger partial charge on any atom is -0.255 e. The molecule has 240 valence electrons. The van der Waals surface area contributed by atoms with Crippen LogP contribution in [0.25, 0.3) is 66.9 Å². The molecule has 1 aliphatic rings. The minimum absolute atomic E-state index is 0.0681. The van der Waals surface area contributed by atoms with Gasteiger partial charge in [-0.25, -0.2) is 4.98 Å². The van der Waals surface area contributed by atoms with Crippen molar-refractivity contribution in [3.8, 4) is 45.0 Å². The van der Waals surface area contributed by atoms with Crippen molar-refractivity contribution in [3.05, 3.63) is 211 Å². The summed E-state index contributed by atoms with van der Waals surface area (Å²) >= 11 is 0. The fourth-order valence-electron chi connectivity index (χ4n) is 7.23. The monoisotopic (exact) mass is 651 g/mol. The highest BCUT2D eigenvalue weighted by Crippen LogP contribution is 2.47. The Bertz CT molecular complexity index is 2500. The molecule has 0 radical (unpaired) electrons. The van der Waals surface area contributed by atoms with Crippen molar-refractivity contribution in [2.24, 2.45) is 0 Å². The van der Waals surface area contributed by atoms with Crippen molar-refractivity contribution >= 4 is 21.9 Å². The zero-order valence-electron chi connectivity index (χ0n) is 27.9. The number of nitrogens with zero attached hydrogens (tertiary/aromatic N) is 3. The smallest absolute Gasteiger partial charge is 0.0900 e. The second-order valence-corrected chi connectivity index (χ2v) is 12.9. The van der Waals surface area contributed by atoms with Crippen LogP contribution in [-0.4, -0.2) is 15.0 Å². The molecule has 1 aliphatic carbocycles. The molecule has 0 fully saturated rings. The van der Waals surface area contributed by atoms with E-state index in [4.69, 9.17) is 4.98 Å². The predicted octanol–water partition coefficient (Wildman–Crippen LogP) is 11.9. The van der Waals surface area contributed by atoms with Crippen LogP contribution in [0.2, 0.25) is 0 Å². The Balaban J connectivity index is 1.04. The zero-order chi connectivity index (χ0) is 34.1. The summed E-state index contributed by atoms with van der Waals surface area (Å²) in [6.07, 6.45) is 6.00. The van der Waals surface area contributed by atoms with Crippen LogP contribution in [-0.2, 0) is 0 Å². The second kappa shape index (κ2) is 13.0. The average Bonchev–Trinajstić information content (AvgIpc) is 3.22. The van der Waals surface area contributed by atoms with Gasteiger partial charge in [0.1, 0.15) is 0 Å². The summed E-state index contributed by atoms with van der Waals surface area (Å²) in [6.45, 7) is 4.66. The molecule has 0 spiro atoms. The Kier molecular flexibility index (Phi) is 7.71.